The zero-order valence-corrected chi connectivity index (χ0v) is 15.7. The van der Waals surface area contributed by atoms with Crippen LogP contribution in [0, 0.1) is 6.92 Å². The minimum atomic E-state index is -0.252. The van der Waals surface area contributed by atoms with E-state index in [2.05, 4.69) is 26.1 Å². The number of aromatic nitrogens is 3. The number of aryl methyl sites for hydroxylation is 1. The molecule has 0 bridgehead atoms. The second-order valence-corrected chi connectivity index (χ2v) is 7.62. The second kappa shape index (κ2) is 7.32. The van der Waals surface area contributed by atoms with Crippen molar-refractivity contribution in [3.05, 3.63) is 70.5 Å². The van der Waals surface area contributed by atoms with Crippen LogP contribution < -0.4 is 0 Å². The molecule has 122 valence electrons. The SMILES string of the molecule is Cc1ccccc1-n1cnnc1SC(C)C(=O)c1ccc(Br)cc1. The van der Waals surface area contributed by atoms with E-state index < -0.39 is 0 Å². The van der Waals surface area contributed by atoms with E-state index in [1.807, 2.05) is 66.9 Å². The summed E-state index contributed by atoms with van der Waals surface area (Å²) < 4.78 is 2.88. The van der Waals surface area contributed by atoms with E-state index in [-0.39, 0.29) is 11.0 Å². The topological polar surface area (TPSA) is 47.8 Å². The maximum Gasteiger partial charge on any atom is 0.196 e. The Bertz CT molecular complexity index is 861. The molecule has 0 saturated carbocycles. The van der Waals surface area contributed by atoms with Gasteiger partial charge in [0.25, 0.3) is 0 Å². The minimum absolute atomic E-state index is 0.0758. The minimum Gasteiger partial charge on any atom is -0.293 e. The van der Waals surface area contributed by atoms with Crippen molar-refractivity contribution >= 4 is 33.5 Å². The van der Waals surface area contributed by atoms with Crippen LogP contribution in [0.5, 0.6) is 0 Å². The predicted molar refractivity (Wildman–Crippen MR) is 99.9 cm³/mol. The normalized spacial score (nSPS) is 12.1. The molecular weight excluding hydrogens is 386 g/mol. The number of para-hydroxylation sites is 1. The Hall–Kier alpha value is -1.92. The Labute approximate surface area is 153 Å². The van der Waals surface area contributed by atoms with Gasteiger partial charge in [0.2, 0.25) is 0 Å². The van der Waals surface area contributed by atoms with Crippen LogP contribution in [0.3, 0.4) is 0 Å². The summed E-state index contributed by atoms with van der Waals surface area (Å²) in [5.74, 6) is 0.0758. The highest BCUT2D eigenvalue weighted by molar-refractivity contribution is 9.10. The average molecular weight is 402 g/mol. The summed E-state index contributed by atoms with van der Waals surface area (Å²) in [6.45, 7) is 3.94. The van der Waals surface area contributed by atoms with E-state index in [0.29, 0.717) is 10.7 Å². The molecule has 0 fully saturated rings. The molecular formula is C18H16BrN3OS. The van der Waals surface area contributed by atoms with Crippen molar-refractivity contribution < 1.29 is 4.79 Å². The summed E-state index contributed by atoms with van der Waals surface area (Å²) in [6.07, 6.45) is 1.68. The van der Waals surface area contributed by atoms with Crippen LogP contribution in [0.25, 0.3) is 5.69 Å². The van der Waals surface area contributed by atoms with Crippen molar-refractivity contribution in [3.63, 3.8) is 0 Å². The molecule has 3 rings (SSSR count). The first kappa shape index (κ1) is 16.9. The molecule has 6 heteroatoms. The Morgan fingerprint density at radius 1 is 1.17 bits per heavy atom. The van der Waals surface area contributed by atoms with E-state index in [9.17, 15) is 4.79 Å². The number of hydrogen-bond acceptors (Lipinski definition) is 4. The number of carbonyl (C=O) groups excluding carboxylic acids is 1. The van der Waals surface area contributed by atoms with Crippen molar-refractivity contribution in [2.45, 2.75) is 24.3 Å². The highest BCUT2D eigenvalue weighted by Crippen LogP contribution is 2.27. The lowest BCUT2D eigenvalue weighted by atomic mass is 10.1. The number of carbonyl (C=O) groups is 1. The van der Waals surface area contributed by atoms with Crippen LogP contribution in [0.4, 0.5) is 0 Å². The third-order valence-electron chi connectivity index (χ3n) is 3.67. The van der Waals surface area contributed by atoms with Gasteiger partial charge in [-0.25, -0.2) is 0 Å². The second-order valence-electron chi connectivity index (χ2n) is 5.40. The summed E-state index contributed by atoms with van der Waals surface area (Å²) in [5, 5.41) is 8.65. The van der Waals surface area contributed by atoms with Crippen molar-refractivity contribution in [3.8, 4) is 5.69 Å². The lowest BCUT2D eigenvalue weighted by molar-refractivity contribution is 0.0994. The van der Waals surface area contributed by atoms with Gasteiger partial charge in [0.1, 0.15) is 6.33 Å². The summed E-state index contributed by atoms with van der Waals surface area (Å²) in [4.78, 5) is 12.6. The Balaban J connectivity index is 1.82. The van der Waals surface area contributed by atoms with Crippen molar-refractivity contribution in [1.82, 2.24) is 14.8 Å². The summed E-state index contributed by atoms with van der Waals surface area (Å²) in [6, 6.07) is 15.4. The Morgan fingerprint density at radius 3 is 2.58 bits per heavy atom. The van der Waals surface area contributed by atoms with Gasteiger partial charge < -0.3 is 0 Å². The van der Waals surface area contributed by atoms with Gasteiger partial charge in [-0.1, -0.05) is 58.0 Å². The molecule has 1 heterocycles. The van der Waals surface area contributed by atoms with E-state index >= 15 is 0 Å². The molecule has 0 radical (unpaired) electrons. The smallest absolute Gasteiger partial charge is 0.196 e. The first-order chi connectivity index (χ1) is 11.6. The summed E-state index contributed by atoms with van der Waals surface area (Å²) in [5.41, 5.74) is 2.85. The highest BCUT2D eigenvalue weighted by Gasteiger charge is 2.20. The van der Waals surface area contributed by atoms with Gasteiger partial charge in [-0.3, -0.25) is 9.36 Å². The van der Waals surface area contributed by atoms with Crippen LogP contribution >= 0.6 is 27.7 Å². The number of halogens is 1. The van der Waals surface area contributed by atoms with Crippen molar-refractivity contribution in [1.29, 1.82) is 0 Å². The van der Waals surface area contributed by atoms with E-state index in [4.69, 9.17) is 0 Å². The number of nitrogens with zero attached hydrogens (tertiary/aromatic N) is 3. The standard InChI is InChI=1S/C18H16BrN3OS/c1-12-5-3-4-6-16(12)22-11-20-21-18(22)24-13(2)17(23)14-7-9-15(19)10-8-14/h3-11,13H,1-2H3. The lowest BCUT2D eigenvalue weighted by Crippen LogP contribution is -2.14. The van der Waals surface area contributed by atoms with Crippen molar-refractivity contribution in [2.75, 3.05) is 0 Å². The largest absolute Gasteiger partial charge is 0.293 e. The average Bonchev–Trinajstić information content (AvgIpc) is 3.03. The van der Waals surface area contributed by atoms with Crippen molar-refractivity contribution in [2.24, 2.45) is 0 Å². The number of benzene rings is 2. The Kier molecular flexibility index (Phi) is 5.16. The first-order valence-electron chi connectivity index (χ1n) is 7.48. The molecule has 1 unspecified atom stereocenters. The fourth-order valence-corrected chi connectivity index (χ4v) is 3.54. The molecule has 0 aliphatic carbocycles. The zero-order chi connectivity index (χ0) is 17.1. The third-order valence-corrected chi connectivity index (χ3v) is 5.26. The maximum absolute atomic E-state index is 12.6. The third kappa shape index (κ3) is 3.60. The number of thioether (sulfide) groups is 1. The monoisotopic (exact) mass is 401 g/mol. The summed E-state index contributed by atoms with van der Waals surface area (Å²) >= 11 is 4.80. The van der Waals surface area contributed by atoms with Gasteiger partial charge in [-0.15, -0.1) is 10.2 Å². The number of Topliss-reactive ketones (excluding diaryl/α,β-unsaturated/α-hetero) is 1. The molecule has 0 amide bonds. The van der Waals surface area contributed by atoms with E-state index in [1.54, 1.807) is 6.33 Å². The molecule has 1 atom stereocenters. The molecule has 3 aromatic rings. The van der Waals surface area contributed by atoms with Gasteiger partial charge in [0.05, 0.1) is 10.9 Å². The molecule has 4 nitrogen and oxygen atoms in total. The predicted octanol–water partition coefficient (Wildman–Crippen LogP) is 4.70. The van der Waals surface area contributed by atoms with Crippen LogP contribution in [-0.4, -0.2) is 25.8 Å². The van der Waals surface area contributed by atoms with Crippen LogP contribution in [0.1, 0.15) is 22.8 Å². The summed E-state index contributed by atoms with van der Waals surface area (Å²) in [7, 11) is 0. The van der Waals surface area contributed by atoms with Gasteiger partial charge in [-0.05, 0) is 37.6 Å². The van der Waals surface area contributed by atoms with Gasteiger partial charge in [0.15, 0.2) is 10.9 Å². The number of ketones is 1. The van der Waals surface area contributed by atoms with Crippen LogP contribution in [0.2, 0.25) is 0 Å². The molecule has 1 aromatic heterocycles. The van der Waals surface area contributed by atoms with Crippen LogP contribution in [0.15, 0.2) is 64.5 Å². The van der Waals surface area contributed by atoms with Gasteiger partial charge in [-0.2, -0.15) is 0 Å². The Morgan fingerprint density at radius 2 is 1.88 bits per heavy atom. The fraction of sp³-hybridized carbons (Fsp3) is 0.167. The molecule has 0 aliphatic heterocycles. The van der Waals surface area contributed by atoms with Gasteiger partial charge in [0, 0.05) is 10.0 Å². The lowest BCUT2D eigenvalue weighted by Gasteiger charge is -2.12. The highest BCUT2D eigenvalue weighted by atomic mass is 79.9. The van der Waals surface area contributed by atoms with E-state index in [0.717, 1.165) is 15.7 Å². The zero-order valence-electron chi connectivity index (χ0n) is 13.3. The number of hydrogen-bond donors (Lipinski definition) is 0. The quantitative estimate of drug-likeness (QED) is 0.459. The fourth-order valence-electron chi connectivity index (χ4n) is 2.36. The first-order valence-corrected chi connectivity index (χ1v) is 9.16. The molecule has 24 heavy (non-hydrogen) atoms. The van der Waals surface area contributed by atoms with Crippen LogP contribution in [-0.2, 0) is 0 Å². The molecule has 0 N–H and O–H groups in total. The van der Waals surface area contributed by atoms with E-state index in [1.165, 1.54) is 11.8 Å². The molecule has 0 spiro atoms. The number of rotatable bonds is 5. The molecule has 2 aromatic carbocycles. The molecule has 0 aliphatic rings. The van der Waals surface area contributed by atoms with Gasteiger partial charge >= 0.3 is 0 Å². The molecule has 0 saturated heterocycles. The maximum atomic E-state index is 12.6.